The van der Waals surface area contributed by atoms with E-state index in [9.17, 15) is 0 Å². The maximum absolute atomic E-state index is 6.54. The van der Waals surface area contributed by atoms with Crippen LogP contribution in [0.2, 0.25) is 0 Å². The lowest BCUT2D eigenvalue weighted by Gasteiger charge is -2.40. The van der Waals surface area contributed by atoms with Crippen LogP contribution >= 0.6 is 0 Å². The van der Waals surface area contributed by atoms with E-state index in [1.807, 2.05) is 13.1 Å². The maximum atomic E-state index is 6.54. The van der Waals surface area contributed by atoms with Gasteiger partial charge >= 0.3 is 0 Å². The standard InChI is InChI=1S/C17H29N3O/c1-12-11-19-14(13(2)16(12)21-5)10-15(18)17(3,4)20-8-6-7-9-20/h11,15H,6-10,18H2,1-5H3. The Morgan fingerprint density at radius 2 is 1.95 bits per heavy atom. The highest BCUT2D eigenvalue weighted by atomic mass is 16.5. The van der Waals surface area contributed by atoms with E-state index in [-0.39, 0.29) is 11.6 Å². The van der Waals surface area contributed by atoms with Crippen molar-refractivity contribution >= 4 is 0 Å². The number of hydrogen-bond acceptors (Lipinski definition) is 4. The monoisotopic (exact) mass is 291 g/mol. The number of methoxy groups -OCH3 is 1. The normalized spacial score (nSPS) is 18.0. The highest BCUT2D eigenvalue weighted by Crippen LogP contribution is 2.28. The minimum absolute atomic E-state index is 0.00272. The third-order valence-corrected chi connectivity index (χ3v) is 4.99. The molecular weight excluding hydrogens is 262 g/mol. The Bertz CT molecular complexity index is 493. The van der Waals surface area contributed by atoms with Crippen molar-refractivity contribution in [2.75, 3.05) is 20.2 Å². The van der Waals surface area contributed by atoms with Gasteiger partial charge in [0.15, 0.2) is 0 Å². The molecular formula is C17H29N3O. The molecule has 1 aliphatic rings. The molecule has 0 amide bonds. The molecule has 21 heavy (non-hydrogen) atoms. The van der Waals surface area contributed by atoms with Crippen LogP contribution in [0.1, 0.15) is 43.5 Å². The van der Waals surface area contributed by atoms with E-state index in [1.54, 1.807) is 7.11 Å². The van der Waals surface area contributed by atoms with Crippen molar-refractivity contribution < 1.29 is 4.74 Å². The number of aromatic nitrogens is 1. The minimum Gasteiger partial charge on any atom is -0.496 e. The summed E-state index contributed by atoms with van der Waals surface area (Å²) < 4.78 is 5.49. The maximum Gasteiger partial charge on any atom is 0.128 e. The van der Waals surface area contributed by atoms with Gasteiger partial charge in [-0.25, -0.2) is 0 Å². The number of nitrogens with zero attached hydrogens (tertiary/aromatic N) is 2. The molecule has 1 aromatic heterocycles. The molecule has 2 N–H and O–H groups in total. The fourth-order valence-corrected chi connectivity index (χ4v) is 3.26. The molecule has 1 unspecified atom stereocenters. The van der Waals surface area contributed by atoms with Crippen LogP contribution in [0.5, 0.6) is 5.75 Å². The largest absolute Gasteiger partial charge is 0.496 e. The number of rotatable bonds is 5. The average Bonchev–Trinajstić information content (AvgIpc) is 2.97. The zero-order chi connectivity index (χ0) is 15.6. The van der Waals surface area contributed by atoms with Gasteiger partial charge < -0.3 is 10.5 Å². The molecule has 1 aromatic rings. The van der Waals surface area contributed by atoms with Crippen molar-refractivity contribution in [2.45, 2.75) is 58.5 Å². The Labute approximate surface area is 128 Å². The molecule has 0 aliphatic carbocycles. The molecule has 1 fully saturated rings. The second-order valence-electron chi connectivity index (χ2n) is 6.70. The van der Waals surface area contributed by atoms with Gasteiger partial charge in [-0.1, -0.05) is 0 Å². The van der Waals surface area contributed by atoms with Gasteiger partial charge in [0.2, 0.25) is 0 Å². The third kappa shape index (κ3) is 3.22. The summed E-state index contributed by atoms with van der Waals surface area (Å²) in [5.41, 5.74) is 9.79. The second-order valence-corrected chi connectivity index (χ2v) is 6.70. The molecule has 0 bridgehead atoms. The van der Waals surface area contributed by atoms with Crippen molar-refractivity contribution in [3.8, 4) is 5.75 Å². The highest BCUT2D eigenvalue weighted by molar-refractivity contribution is 5.41. The van der Waals surface area contributed by atoms with E-state index >= 15 is 0 Å². The third-order valence-electron chi connectivity index (χ3n) is 4.99. The van der Waals surface area contributed by atoms with E-state index in [4.69, 9.17) is 10.5 Å². The van der Waals surface area contributed by atoms with E-state index in [0.29, 0.717) is 0 Å². The first-order chi connectivity index (χ1) is 9.87. The molecule has 1 saturated heterocycles. The predicted octanol–water partition coefficient (Wildman–Crippen LogP) is 2.45. The highest BCUT2D eigenvalue weighted by Gasteiger charge is 2.35. The molecule has 4 heteroatoms. The predicted molar refractivity (Wildman–Crippen MR) is 86.8 cm³/mol. The van der Waals surface area contributed by atoms with Crippen LogP contribution in [0, 0.1) is 13.8 Å². The first kappa shape index (κ1) is 16.2. The second kappa shape index (κ2) is 6.32. The van der Waals surface area contributed by atoms with Crippen LogP contribution < -0.4 is 10.5 Å². The quantitative estimate of drug-likeness (QED) is 0.905. The van der Waals surface area contributed by atoms with Crippen LogP contribution in [0.25, 0.3) is 0 Å². The number of hydrogen-bond donors (Lipinski definition) is 1. The van der Waals surface area contributed by atoms with Crippen molar-refractivity contribution in [1.82, 2.24) is 9.88 Å². The van der Waals surface area contributed by atoms with E-state index in [2.05, 4.69) is 30.7 Å². The summed E-state index contributed by atoms with van der Waals surface area (Å²) in [5, 5.41) is 0. The van der Waals surface area contributed by atoms with Gasteiger partial charge in [-0.05, 0) is 53.6 Å². The Hall–Kier alpha value is -1.13. The average molecular weight is 291 g/mol. The van der Waals surface area contributed by atoms with Gasteiger partial charge in [0, 0.05) is 41.0 Å². The molecule has 0 aromatic carbocycles. The number of likely N-dealkylation sites (tertiary alicyclic amines) is 1. The Balaban J connectivity index is 2.17. The summed E-state index contributed by atoms with van der Waals surface area (Å²) >= 11 is 0. The van der Waals surface area contributed by atoms with Crippen molar-refractivity contribution in [3.63, 3.8) is 0 Å². The van der Waals surface area contributed by atoms with Crippen LogP contribution in [0.4, 0.5) is 0 Å². The summed E-state index contributed by atoms with van der Waals surface area (Å²) in [6, 6.07) is 0.0641. The molecule has 0 spiro atoms. The van der Waals surface area contributed by atoms with Gasteiger partial charge in [0.1, 0.15) is 5.75 Å². The summed E-state index contributed by atoms with van der Waals surface area (Å²) in [6.07, 6.45) is 5.24. The Morgan fingerprint density at radius 1 is 1.33 bits per heavy atom. The molecule has 0 radical (unpaired) electrons. The summed E-state index contributed by atoms with van der Waals surface area (Å²) in [5.74, 6) is 0.936. The van der Waals surface area contributed by atoms with Crippen molar-refractivity contribution in [3.05, 3.63) is 23.0 Å². The van der Waals surface area contributed by atoms with E-state index in [1.165, 1.54) is 12.8 Å². The van der Waals surface area contributed by atoms with Crippen LogP contribution in [-0.2, 0) is 6.42 Å². The lowest BCUT2D eigenvalue weighted by Crippen LogP contribution is -2.56. The van der Waals surface area contributed by atoms with Crippen LogP contribution in [-0.4, -0.2) is 41.7 Å². The van der Waals surface area contributed by atoms with Crippen LogP contribution in [0.3, 0.4) is 0 Å². The smallest absolute Gasteiger partial charge is 0.128 e. The minimum atomic E-state index is 0.00272. The number of aryl methyl sites for hydroxylation is 1. The van der Waals surface area contributed by atoms with Crippen molar-refractivity contribution in [2.24, 2.45) is 5.73 Å². The SMILES string of the molecule is COc1c(C)cnc(CC(N)C(C)(C)N2CCCC2)c1C. The molecule has 1 aliphatic heterocycles. The number of pyridine rings is 1. The first-order valence-corrected chi connectivity index (χ1v) is 7.87. The molecule has 2 rings (SSSR count). The number of nitrogens with two attached hydrogens (primary N) is 1. The zero-order valence-electron chi connectivity index (χ0n) is 14.1. The topological polar surface area (TPSA) is 51.4 Å². The first-order valence-electron chi connectivity index (χ1n) is 7.87. The summed E-state index contributed by atoms with van der Waals surface area (Å²) in [4.78, 5) is 7.10. The Morgan fingerprint density at radius 3 is 2.52 bits per heavy atom. The van der Waals surface area contributed by atoms with Crippen LogP contribution in [0.15, 0.2) is 6.20 Å². The van der Waals surface area contributed by atoms with Gasteiger partial charge in [-0.15, -0.1) is 0 Å². The van der Waals surface area contributed by atoms with Gasteiger partial charge in [-0.2, -0.15) is 0 Å². The Kier molecular flexibility index (Phi) is 4.89. The number of ether oxygens (including phenoxy) is 1. The lowest BCUT2D eigenvalue weighted by atomic mass is 9.88. The van der Waals surface area contributed by atoms with Gasteiger partial charge in [0.05, 0.1) is 7.11 Å². The summed E-state index contributed by atoms with van der Waals surface area (Å²) in [6.45, 7) is 10.9. The molecule has 118 valence electrons. The molecule has 2 heterocycles. The fraction of sp³-hybridized carbons (Fsp3) is 0.706. The molecule has 4 nitrogen and oxygen atoms in total. The van der Waals surface area contributed by atoms with Gasteiger partial charge in [0.25, 0.3) is 0 Å². The molecule has 0 saturated carbocycles. The zero-order valence-corrected chi connectivity index (χ0v) is 14.1. The van der Waals surface area contributed by atoms with Crippen molar-refractivity contribution in [1.29, 1.82) is 0 Å². The van der Waals surface area contributed by atoms with Gasteiger partial charge in [-0.3, -0.25) is 9.88 Å². The molecule has 1 atom stereocenters. The van der Waals surface area contributed by atoms with E-state index in [0.717, 1.165) is 42.1 Å². The van der Waals surface area contributed by atoms with E-state index < -0.39 is 0 Å². The lowest BCUT2D eigenvalue weighted by molar-refractivity contribution is 0.123. The fourth-order valence-electron chi connectivity index (χ4n) is 3.26. The summed E-state index contributed by atoms with van der Waals surface area (Å²) in [7, 11) is 1.72.